The van der Waals surface area contributed by atoms with Crippen LogP contribution in [0.2, 0.25) is 5.02 Å². The number of benzene rings is 2. The lowest BCUT2D eigenvalue weighted by atomic mass is 10.2. The first-order valence-corrected chi connectivity index (χ1v) is 9.81. The summed E-state index contributed by atoms with van der Waals surface area (Å²) in [5.74, 6) is 0.538. The number of nitrogens with one attached hydrogen (secondary N) is 1. The van der Waals surface area contributed by atoms with Gasteiger partial charge in [0.05, 0.1) is 16.8 Å². The van der Waals surface area contributed by atoms with Crippen LogP contribution in [0.25, 0.3) is 16.3 Å². The van der Waals surface area contributed by atoms with Gasteiger partial charge in [-0.25, -0.2) is 9.88 Å². The van der Waals surface area contributed by atoms with Gasteiger partial charge in [-0.3, -0.25) is 4.79 Å². The van der Waals surface area contributed by atoms with Crippen LogP contribution in [0.4, 0.5) is 5.13 Å². The van der Waals surface area contributed by atoms with Crippen LogP contribution < -0.4 is 15.0 Å². The summed E-state index contributed by atoms with van der Waals surface area (Å²) in [5.41, 5.74) is 2.05. The number of hydrogen-bond donors (Lipinski definition) is 1. The highest BCUT2D eigenvalue weighted by atomic mass is 35.5. The molecule has 0 bridgehead atoms. The number of halogens is 1. The second-order valence-electron chi connectivity index (χ2n) is 5.74. The maximum Gasteiger partial charge on any atom is 0.282 e. The second-order valence-corrected chi connectivity index (χ2v) is 7.57. The lowest BCUT2D eigenvalue weighted by molar-refractivity contribution is -0.113. The van der Waals surface area contributed by atoms with Crippen LogP contribution in [-0.4, -0.2) is 22.6 Å². The van der Waals surface area contributed by atoms with Crippen molar-refractivity contribution in [3.8, 4) is 5.75 Å². The minimum Gasteiger partial charge on any atom is -0.494 e. The fourth-order valence-electron chi connectivity index (χ4n) is 2.68. The van der Waals surface area contributed by atoms with Gasteiger partial charge in [0.1, 0.15) is 11.4 Å². The minimum atomic E-state index is -0.237. The number of anilines is 1. The summed E-state index contributed by atoms with van der Waals surface area (Å²) in [6.45, 7) is 2.53. The molecule has 1 aromatic heterocycles. The second kappa shape index (κ2) is 7.26. The third-order valence-electron chi connectivity index (χ3n) is 3.91. The number of nitrogens with zero attached hydrogens (tertiary/aromatic N) is 2. The molecule has 1 aliphatic heterocycles. The van der Waals surface area contributed by atoms with Gasteiger partial charge in [-0.15, -0.1) is 0 Å². The van der Waals surface area contributed by atoms with E-state index >= 15 is 0 Å². The Morgan fingerprint density at radius 3 is 2.81 bits per heavy atom. The van der Waals surface area contributed by atoms with E-state index in [4.69, 9.17) is 28.6 Å². The number of thiocarbonyl (C=S) groups is 1. The Hall–Kier alpha value is -2.48. The first kappa shape index (κ1) is 17.9. The third kappa shape index (κ3) is 3.53. The summed E-state index contributed by atoms with van der Waals surface area (Å²) in [4.78, 5) is 18.8. The van der Waals surface area contributed by atoms with Gasteiger partial charge < -0.3 is 10.1 Å². The zero-order chi connectivity index (χ0) is 19.0. The van der Waals surface area contributed by atoms with Crippen molar-refractivity contribution in [3.05, 3.63) is 58.7 Å². The summed E-state index contributed by atoms with van der Waals surface area (Å²) in [6.07, 6.45) is 1.74. The Kier molecular flexibility index (Phi) is 4.82. The van der Waals surface area contributed by atoms with Gasteiger partial charge in [0.25, 0.3) is 5.91 Å². The van der Waals surface area contributed by atoms with Crippen molar-refractivity contribution in [3.63, 3.8) is 0 Å². The molecule has 5 nitrogen and oxygen atoms in total. The zero-order valence-corrected chi connectivity index (χ0v) is 16.6. The summed E-state index contributed by atoms with van der Waals surface area (Å²) < 4.78 is 6.46. The molecule has 4 rings (SSSR count). The molecule has 1 saturated heterocycles. The summed E-state index contributed by atoms with van der Waals surface area (Å²) in [6, 6.07) is 12.9. The molecule has 0 atom stereocenters. The highest BCUT2D eigenvalue weighted by Crippen LogP contribution is 2.33. The lowest BCUT2D eigenvalue weighted by Gasteiger charge is -2.08. The summed E-state index contributed by atoms with van der Waals surface area (Å²) in [5, 5.41) is 4.45. The highest BCUT2D eigenvalue weighted by Gasteiger charge is 2.34. The Bertz CT molecular complexity index is 1080. The molecule has 0 unspecified atom stereocenters. The van der Waals surface area contributed by atoms with Crippen molar-refractivity contribution in [2.75, 3.05) is 11.5 Å². The summed E-state index contributed by atoms with van der Waals surface area (Å²) >= 11 is 12.7. The van der Waals surface area contributed by atoms with E-state index in [1.807, 2.05) is 37.3 Å². The van der Waals surface area contributed by atoms with E-state index in [0.29, 0.717) is 27.6 Å². The number of fused-ring (bicyclic) bond motifs is 1. The van der Waals surface area contributed by atoms with Gasteiger partial charge >= 0.3 is 0 Å². The smallest absolute Gasteiger partial charge is 0.282 e. The Morgan fingerprint density at radius 1 is 1.30 bits per heavy atom. The van der Waals surface area contributed by atoms with Crippen LogP contribution >= 0.6 is 35.2 Å². The van der Waals surface area contributed by atoms with Crippen LogP contribution in [0.1, 0.15) is 12.5 Å². The third-order valence-corrected chi connectivity index (χ3v) is 5.45. The van der Waals surface area contributed by atoms with Crippen LogP contribution in [0.15, 0.2) is 48.2 Å². The molecule has 0 saturated carbocycles. The fourth-order valence-corrected chi connectivity index (χ4v) is 4.14. The fraction of sp³-hybridized carbons (Fsp3) is 0.105. The SMILES string of the molecule is CCOc1ccc2nc(N3C(=O)/C(=C/c4ccc(Cl)cc4)NC3=S)sc2c1. The molecule has 136 valence electrons. The van der Waals surface area contributed by atoms with Gasteiger partial charge in [0, 0.05) is 5.02 Å². The predicted octanol–water partition coefficient (Wildman–Crippen LogP) is 4.61. The Balaban J connectivity index is 1.65. The van der Waals surface area contributed by atoms with E-state index in [0.717, 1.165) is 21.5 Å². The van der Waals surface area contributed by atoms with Crippen LogP contribution in [-0.2, 0) is 4.79 Å². The van der Waals surface area contributed by atoms with Crippen LogP contribution in [0, 0.1) is 0 Å². The first-order valence-electron chi connectivity index (χ1n) is 8.21. The number of amides is 1. The number of rotatable bonds is 4. The van der Waals surface area contributed by atoms with Crippen molar-refractivity contribution < 1.29 is 9.53 Å². The molecular formula is C19H14ClN3O2S2. The van der Waals surface area contributed by atoms with E-state index in [1.165, 1.54) is 16.2 Å². The van der Waals surface area contributed by atoms with E-state index in [1.54, 1.807) is 18.2 Å². The minimum absolute atomic E-state index is 0.237. The van der Waals surface area contributed by atoms with Gasteiger partial charge in [0.15, 0.2) is 10.2 Å². The van der Waals surface area contributed by atoms with E-state index < -0.39 is 0 Å². The molecule has 1 fully saturated rings. The number of ether oxygens (including phenoxy) is 1. The Morgan fingerprint density at radius 2 is 2.07 bits per heavy atom. The molecule has 1 amide bonds. The molecule has 1 N–H and O–H groups in total. The predicted molar refractivity (Wildman–Crippen MR) is 113 cm³/mol. The van der Waals surface area contributed by atoms with Gasteiger partial charge in [0.2, 0.25) is 0 Å². The normalized spacial score (nSPS) is 15.6. The molecule has 2 heterocycles. The average Bonchev–Trinajstić information content (AvgIpc) is 3.17. The Labute approximate surface area is 170 Å². The van der Waals surface area contributed by atoms with Crippen molar-refractivity contribution in [1.29, 1.82) is 0 Å². The largest absolute Gasteiger partial charge is 0.494 e. The number of carbonyl (C=O) groups excluding carboxylic acids is 1. The molecule has 3 aromatic rings. The molecule has 2 aromatic carbocycles. The number of hydrogen-bond acceptors (Lipinski definition) is 5. The number of aromatic nitrogens is 1. The van der Waals surface area contributed by atoms with E-state index in [-0.39, 0.29) is 5.91 Å². The average molecular weight is 416 g/mol. The topological polar surface area (TPSA) is 54.5 Å². The first-order chi connectivity index (χ1) is 13.0. The van der Waals surface area contributed by atoms with Gasteiger partial charge in [-0.05, 0) is 61.1 Å². The van der Waals surface area contributed by atoms with E-state index in [2.05, 4.69) is 10.3 Å². The van der Waals surface area contributed by atoms with Crippen LogP contribution in [0.5, 0.6) is 5.75 Å². The van der Waals surface area contributed by atoms with Crippen molar-refractivity contribution in [1.82, 2.24) is 10.3 Å². The van der Waals surface area contributed by atoms with Gasteiger partial charge in [-0.2, -0.15) is 0 Å². The molecule has 0 radical (unpaired) electrons. The molecule has 27 heavy (non-hydrogen) atoms. The molecule has 0 aliphatic carbocycles. The van der Waals surface area contributed by atoms with Crippen molar-refractivity contribution in [2.45, 2.75) is 6.92 Å². The van der Waals surface area contributed by atoms with Crippen LogP contribution in [0.3, 0.4) is 0 Å². The monoisotopic (exact) mass is 415 g/mol. The number of thiazole rings is 1. The molecular weight excluding hydrogens is 402 g/mol. The molecule has 8 heteroatoms. The maximum atomic E-state index is 12.9. The van der Waals surface area contributed by atoms with Crippen molar-refractivity contribution >= 4 is 67.6 Å². The van der Waals surface area contributed by atoms with E-state index in [9.17, 15) is 4.79 Å². The highest BCUT2D eigenvalue weighted by molar-refractivity contribution is 7.80. The maximum absolute atomic E-state index is 12.9. The van der Waals surface area contributed by atoms with Gasteiger partial charge in [-0.1, -0.05) is 35.1 Å². The van der Waals surface area contributed by atoms with Crippen molar-refractivity contribution in [2.24, 2.45) is 0 Å². The lowest BCUT2D eigenvalue weighted by Crippen LogP contribution is -2.30. The standard InChI is InChI=1S/C19H14ClN3O2S2/c1-2-25-13-7-8-14-16(10-13)27-19(22-14)23-17(24)15(21-18(23)26)9-11-3-5-12(20)6-4-11/h3-10H,2H2,1H3,(H,21,26)/b15-9-. The zero-order valence-electron chi connectivity index (χ0n) is 14.2. The number of carbonyl (C=O) groups is 1. The molecule has 0 spiro atoms. The quantitative estimate of drug-likeness (QED) is 0.498. The summed E-state index contributed by atoms with van der Waals surface area (Å²) in [7, 11) is 0. The molecule has 1 aliphatic rings.